The minimum absolute atomic E-state index is 0.0189. The summed E-state index contributed by atoms with van der Waals surface area (Å²) in [7, 11) is 0. The molecule has 2 N–H and O–H groups in total. The number of benzene rings is 2. The number of anilines is 2. The van der Waals surface area contributed by atoms with Crippen molar-refractivity contribution >= 4 is 29.1 Å². The van der Waals surface area contributed by atoms with Crippen molar-refractivity contribution in [3.05, 3.63) is 48.0 Å². The molecular formula is C23H25N3O5. The van der Waals surface area contributed by atoms with Crippen LogP contribution in [0.3, 0.4) is 0 Å². The Labute approximate surface area is 180 Å². The van der Waals surface area contributed by atoms with Gasteiger partial charge in [0.15, 0.2) is 11.5 Å². The van der Waals surface area contributed by atoms with Gasteiger partial charge in [-0.2, -0.15) is 0 Å². The lowest BCUT2D eigenvalue weighted by Gasteiger charge is -2.29. The summed E-state index contributed by atoms with van der Waals surface area (Å²) >= 11 is 0. The van der Waals surface area contributed by atoms with Crippen molar-refractivity contribution in [1.82, 2.24) is 5.32 Å². The highest BCUT2D eigenvalue weighted by Crippen LogP contribution is 2.33. The average Bonchev–Trinajstić information content (AvgIpc) is 2.80. The fourth-order valence-electron chi connectivity index (χ4n) is 3.78. The van der Waals surface area contributed by atoms with E-state index in [2.05, 4.69) is 10.6 Å². The molecule has 1 unspecified atom stereocenters. The molecule has 0 saturated heterocycles. The van der Waals surface area contributed by atoms with Crippen molar-refractivity contribution in [3.63, 3.8) is 0 Å². The van der Waals surface area contributed by atoms with Crippen molar-refractivity contribution in [3.8, 4) is 11.5 Å². The summed E-state index contributed by atoms with van der Waals surface area (Å²) in [5.74, 6) is 0.650. The lowest BCUT2D eigenvalue weighted by molar-refractivity contribution is -0.126. The number of rotatable bonds is 6. The summed E-state index contributed by atoms with van der Waals surface area (Å²) in [6.45, 7) is 2.96. The molecule has 8 nitrogen and oxygen atoms in total. The Balaban J connectivity index is 1.36. The number of hydrogen-bond donors (Lipinski definition) is 2. The molecule has 2 aliphatic rings. The Hall–Kier alpha value is -3.55. The Bertz CT molecular complexity index is 1010. The van der Waals surface area contributed by atoms with Gasteiger partial charge in [-0.25, -0.2) is 0 Å². The van der Waals surface area contributed by atoms with Crippen LogP contribution in [0.15, 0.2) is 42.5 Å². The predicted molar refractivity (Wildman–Crippen MR) is 115 cm³/mol. The van der Waals surface area contributed by atoms with Gasteiger partial charge in [-0.1, -0.05) is 25.1 Å². The molecule has 2 aromatic carbocycles. The first-order chi connectivity index (χ1) is 15.0. The van der Waals surface area contributed by atoms with E-state index in [4.69, 9.17) is 9.47 Å². The smallest absolute Gasteiger partial charge is 0.244 e. The molecule has 1 atom stereocenters. The van der Waals surface area contributed by atoms with Gasteiger partial charge >= 0.3 is 0 Å². The second kappa shape index (κ2) is 9.07. The first kappa shape index (κ1) is 20.7. The van der Waals surface area contributed by atoms with Crippen LogP contribution in [-0.2, 0) is 14.4 Å². The fourth-order valence-corrected chi connectivity index (χ4v) is 3.78. The molecule has 3 amide bonds. The van der Waals surface area contributed by atoms with Crippen molar-refractivity contribution in [2.45, 2.75) is 32.2 Å². The largest absolute Gasteiger partial charge is 0.486 e. The SMILES string of the molecule is CCC(NC(=O)CCC(=O)N1CC(=O)Nc2ccccc21)c1ccc2c(c1)OCCO2. The van der Waals surface area contributed by atoms with Gasteiger partial charge in [0.25, 0.3) is 0 Å². The molecule has 0 aromatic heterocycles. The molecule has 0 saturated carbocycles. The maximum atomic E-state index is 12.7. The second-order valence-corrected chi connectivity index (χ2v) is 7.48. The predicted octanol–water partition coefficient (Wildman–Crippen LogP) is 2.79. The number of amides is 3. The van der Waals surface area contributed by atoms with Crippen LogP contribution < -0.4 is 25.0 Å². The van der Waals surface area contributed by atoms with E-state index >= 15 is 0 Å². The number of carbonyl (C=O) groups is 3. The standard InChI is InChI=1S/C23H25N3O5/c1-2-16(15-7-8-19-20(13-15)31-12-11-30-19)24-21(27)9-10-23(29)26-14-22(28)25-17-5-3-4-6-18(17)26/h3-8,13,16H,2,9-12,14H2,1H3,(H,24,27)(H,25,28). The molecule has 8 heteroatoms. The Morgan fingerprint density at radius 3 is 2.68 bits per heavy atom. The van der Waals surface area contributed by atoms with Crippen molar-refractivity contribution in [2.24, 2.45) is 0 Å². The average molecular weight is 423 g/mol. The molecule has 0 aliphatic carbocycles. The van der Waals surface area contributed by atoms with Crippen molar-refractivity contribution in [2.75, 3.05) is 30.0 Å². The zero-order valence-corrected chi connectivity index (χ0v) is 17.3. The van der Waals surface area contributed by atoms with Crippen LogP contribution in [-0.4, -0.2) is 37.5 Å². The summed E-state index contributed by atoms with van der Waals surface area (Å²) in [5.41, 5.74) is 2.17. The number of para-hydroxylation sites is 2. The van der Waals surface area contributed by atoms with Crippen LogP contribution >= 0.6 is 0 Å². The van der Waals surface area contributed by atoms with E-state index in [1.54, 1.807) is 18.2 Å². The van der Waals surface area contributed by atoms with Crippen molar-refractivity contribution < 1.29 is 23.9 Å². The van der Waals surface area contributed by atoms with Crippen LogP contribution in [0.4, 0.5) is 11.4 Å². The molecule has 31 heavy (non-hydrogen) atoms. The van der Waals surface area contributed by atoms with Crippen molar-refractivity contribution in [1.29, 1.82) is 0 Å². The second-order valence-electron chi connectivity index (χ2n) is 7.48. The van der Waals surface area contributed by atoms with Gasteiger partial charge in [-0.3, -0.25) is 14.4 Å². The number of fused-ring (bicyclic) bond motifs is 2. The van der Waals surface area contributed by atoms with Gasteiger partial charge in [-0.05, 0) is 36.2 Å². The lowest BCUT2D eigenvalue weighted by Crippen LogP contribution is -2.42. The van der Waals surface area contributed by atoms with E-state index in [1.165, 1.54) is 4.90 Å². The maximum absolute atomic E-state index is 12.7. The molecular weight excluding hydrogens is 398 g/mol. The Morgan fingerprint density at radius 2 is 1.87 bits per heavy atom. The first-order valence-corrected chi connectivity index (χ1v) is 10.4. The van der Waals surface area contributed by atoms with Gasteiger partial charge in [0.1, 0.15) is 19.8 Å². The number of nitrogens with one attached hydrogen (secondary N) is 2. The Morgan fingerprint density at radius 1 is 1.10 bits per heavy atom. The van der Waals surface area contributed by atoms with Gasteiger partial charge in [0, 0.05) is 12.8 Å². The molecule has 0 spiro atoms. The molecule has 2 heterocycles. The summed E-state index contributed by atoms with van der Waals surface area (Å²) in [6.07, 6.45) is 0.754. The molecule has 162 valence electrons. The van der Waals surface area contributed by atoms with Crippen LogP contribution in [0.1, 0.15) is 37.8 Å². The van der Waals surface area contributed by atoms with E-state index in [1.807, 2.05) is 31.2 Å². The quantitative estimate of drug-likeness (QED) is 0.745. The normalized spacial score (nSPS) is 15.5. The highest BCUT2D eigenvalue weighted by molar-refractivity contribution is 6.10. The lowest BCUT2D eigenvalue weighted by atomic mass is 10.0. The summed E-state index contributed by atoms with van der Waals surface area (Å²) in [5, 5.41) is 5.74. The number of carbonyl (C=O) groups excluding carboxylic acids is 3. The van der Waals surface area contributed by atoms with Crippen LogP contribution in [0.2, 0.25) is 0 Å². The Kier molecular flexibility index (Phi) is 6.06. The summed E-state index contributed by atoms with van der Waals surface area (Å²) < 4.78 is 11.2. The molecule has 4 rings (SSSR count). The van der Waals surface area contributed by atoms with E-state index < -0.39 is 0 Å². The number of hydrogen-bond acceptors (Lipinski definition) is 5. The molecule has 2 aromatic rings. The van der Waals surface area contributed by atoms with Crippen LogP contribution in [0.25, 0.3) is 0 Å². The van der Waals surface area contributed by atoms with Gasteiger partial charge in [-0.15, -0.1) is 0 Å². The van der Waals surface area contributed by atoms with Crippen LogP contribution in [0, 0.1) is 0 Å². The zero-order chi connectivity index (χ0) is 21.8. The van der Waals surface area contributed by atoms with E-state index in [0.717, 1.165) is 5.56 Å². The van der Waals surface area contributed by atoms with Crippen LogP contribution in [0.5, 0.6) is 11.5 Å². The van der Waals surface area contributed by atoms with Gasteiger partial charge in [0.2, 0.25) is 17.7 Å². The highest BCUT2D eigenvalue weighted by Gasteiger charge is 2.27. The minimum Gasteiger partial charge on any atom is -0.486 e. The molecule has 0 bridgehead atoms. The third-order valence-corrected chi connectivity index (χ3v) is 5.35. The number of nitrogens with zero attached hydrogens (tertiary/aromatic N) is 1. The number of ether oxygens (including phenoxy) is 2. The molecule has 2 aliphatic heterocycles. The third kappa shape index (κ3) is 4.63. The molecule has 0 fully saturated rings. The fraction of sp³-hybridized carbons (Fsp3) is 0.348. The van der Waals surface area contributed by atoms with E-state index in [9.17, 15) is 14.4 Å². The minimum atomic E-state index is -0.259. The maximum Gasteiger partial charge on any atom is 0.244 e. The van der Waals surface area contributed by atoms with Gasteiger partial charge < -0.3 is 25.0 Å². The summed E-state index contributed by atoms with van der Waals surface area (Å²) in [4.78, 5) is 38.6. The highest BCUT2D eigenvalue weighted by atomic mass is 16.6. The van der Waals surface area contributed by atoms with E-state index in [-0.39, 0.29) is 43.1 Å². The monoisotopic (exact) mass is 423 g/mol. The molecule has 0 radical (unpaired) electrons. The third-order valence-electron chi connectivity index (χ3n) is 5.35. The topological polar surface area (TPSA) is 97.0 Å². The summed E-state index contributed by atoms with van der Waals surface area (Å²) in [6, 6.07) is 12.6. The first-order valence-electron chi connectivity index (χ1n) is 10.4. The van der Waals surface area contributed by atoms with Gasteiger partial charge in [0.05, 0.1) is 17.4 Å². The van der Waals surface area contributed by atoms with E-state index in [0.29, 0.717) is 42.5 Å². The zero-order valence-electron chi connectivity index (χ0n) is 17.3.